The second-order valence-electron chi connectivity index (χ2n) is 10.1. The largest absolute Gasteiger partial charge is 0.497 e. The quantitative estimate of drug-likeness (QED) is 0.608. The Labute approximate surface area is 217 Å². The molecule has 1 aliphatic carbocycles. The molecule has 8 nitrogen and oxygen atoms in total. The van der Waals surface area contributed by atoms with E-state index in [0.717, 1.165) is 52.5 Å². The number of urea groups is 1. The minimum Gasteiger partial charge on any atom is -0.497 e. The van der Waals surface area contributed by atoms with Crippen LogP contribution in [-0.2, 0) is 19.4 Å². The fourth-order valence-corrected chi connectivity index (χ4v) is 6.50. The zero-order chi connectivity index (χ0) is 25.7. The number of likely N-dealkylation sites (tertiary alicyclic amines) is 1. The Morgan fingerprint density at radius 3 is 2.62 bits per heavy atom. The van der Waals surface area contributed by atoms with Gasteiger partial charge in [-0.15, -0.1) is 0 Å². The molecule has 2 fully saturated rings. The molecule has 1 aromatic heterocycles. The third-order valence-corrected chi connectivity index (χ3v) is 8.40. The maximum Gasteiger partial charge on any atom is 0.325 e. The Kier molecular flexibility index (Phi) is 5.77. The van der Waals surface area contributed by atoms with Crippen LogP contribution in [0.4, 0.5) is 4.79 Å². The molecular formula is C29H33N3O5. The minimum atomic E-state index is -0.423. The topological polar surface area (TPSA) is 75.5 Å². The van der Waals surface area contributed by atoms with E-state index in [2.05, 4.69) is 12.2 Å². The highest BCUT2D eigenvalue weighted by Gasteiger charge is 2.55. The van der Waals surface area contributed by atoms with Crippen molar-refractivity contribution in [2.24, 2.45) is 0 Å². The van der Waals surface area contributed by atoms with Crippen LogP contribution in [0.3, 0.4) is 0 Å². The van der Waals surface area contributed by atoms with Crippen LogP contribution in [-0.4, -0.2) is 66.0 Å². The van der Waals surface area contributed by atoms with Crippen LogP contribution in [0.15, 0.2) is 40.5 Å². The first kappa shape index (κ1) is 23.7. The third-order valence-electron chi connectivity index (χ3n) is 8.40. The van der Waals surface area contributed by atoms with E-state index in [-0.39, 0.29) is 11.9 Å². The van der Waals surface area contributed by atoms with E-state index in [0.29, 0.717) is 51.2 Å². The van der Waals surface area contributed by atoms with Gasteiger partial charge in [-0.3, -0.25) is 9.69 Å². The second kappa shape index (κ2) is 9.01. The normalized spacial score (nSPS) is 19.8. The van der Waals surface area contributed by atoms with E-state index in [1.165, 1.54) is 0 Å². The van der Waals surface area contributed by atoms with Crippen molar-refractivity contribution in [2.75, 3.05) is 33.9 Å². The first-order chi connectivity index (χ1) is 18.0. The fourth-order valence-electron chi connectivity index (χ4n) is 6.50. The van der Waals surface area contributed by atoms with E-state index < -0.39 is 5.54 Å². The molecule has 1 spiro atoms. The van der Waals surface area contributed by atoms with Crippen LogP contribution in [0, 0.1) is 0 Å². The van der Waals surface area contributed by atoms with Crippen LogP contribution in [0.5, 0.6) is 11.5 Å². The number of aryl methyl sites for hydroxylation is 1. The van der Waals surface area contributed by atoms with Crippen LogP contribution < -0.4 is 9.47 Å². The van der Waals surface area contributed by atoms with E-state index in [1.807, 2.05) is 45.9 Å². The molecule has 2 aromatic rings. The van der Waals surface area contributed by atoms with Crippen LogP contribution in [0.25, 0.3) is 6.08 Å². The number of furan rings is 1. The van der Waals surface area contributed by atoms with Crippen molar-refractivity contribution >= 4 is 18.0 Å². The Balaban J connectivity index is 1.27. The smallest absolute Gasteiger partial charge is 0.325 e. The number of nitrogens with zero attached hydrogens (tertiary/aromatic N) is 3. The highest BCUT2D eigenvalue weighted by Crippen LogP contribution is 2.47. The number of hydrogen-bond donors (Lipinski definition) is 0. The summed E-state index contributed by atoms with van der Waals surface area (Å²) < 4.78 is 17.1. The Morgan fingerprint density at radius 1 is 1.11 bits per heavy atom. The van der Waals surface area contributed by atoms with Gasteiger partial charge < -0.3 is 23.7 Å². The summed E-state index contributed by atoms with van der Waals surface area (Å²) in [4.78, 5) is 32.8. The summed E-state index contributed by atoms with van der Waals surface area (Å²) in [7, 11) is 3.30. The predicted octanol–water partition coefficient (Wildman–Crippen LogP) is 4.63. The summed E-state index contributed by atoms with van der Waals surface area (Å²) in [6.07, 6.45) is 10.2. The molecule has 0 bridgehead atoms. The van der Waals surface area contributed by atoms with Gasteiger partial charge in [0.15, 0.2) is 5.76 Å². The van der Waals surface area contributed by atoms with E-state index in [9.17, 15) is 9.59 Å². The monoisotopic (exact) mass is 503 g/mol. The van der Waals surface area contributed by atoms with Gasteiger partial charge in [-0.1, -0.05) is 12.2 Å². The average Bonchev–Trinajstić information content (AvgIpc) is 3.36. The number of fused-ring (bicyclic) bond motifs is 4. The molecule has 4 aliphatic rings. The number of carbonyl (C=O) groups is 2. The molecule has 194 valence electrons. The minimum absolute atomic E-state index is 0.0219. The zero-order valence-corrected chi connectivity index (χ0v) is 21.7. The lowest BCUT2D eigenvalue weighted by molar-refractivity contribution is 0.0547. The maximum absolute atomic E-state index is 13.7. The number of amides is 3. The lowest BCUT2D eigenvalue weighted by atomic mass is 9.83. The third kappa shape index (κ3) is 3.64. The van der Waals surface area contributed by atoms with Gasteiger partial charge in [0.05, 0.1) is 26.3 Å². The van der Waals surface area contributed by atoms with Gasteiger partial charge >= 0.3 is 6.03 Å². The molecule has 8 heteroatoms. The first-order valence-electron chi connectivity index (χ1n) is 13.1. The van der Waals surface area contributed by atoms with Gasteiger partial charge in [0.25, 0.3) is 5.91 Å². The van der Waals surface area contributed by atoms with Crippen molar-refractivity contribution in [1.82, 2.24) is 14.7 Å². The molecule has 0 atom stereocenters. The van der Waals surface area contributed by atoms with E-state index in [4.69, 9.17) is 13.9 Å². The number of allylic oxidation sites excluding steroid dienone is 2. The molecule has 6 rings (SSSR count). The molecule has 3 amide bonds. The van der Waals surface area contributed by atoms with Crippen molar-refractivity contribution in [3.05, 3.63) is 64.3 Å². The molecule has 4 heterocycles. The Bertz CT molecular complexity index is 1320. The number of carbonyl (C=O) groups excluding carboxylic acids is 2. The lowest BCUT2D eigenvalue weighted by Gasteiger charge is -2.44. The predicted molar refractivity (Wildman–Crippen MR) is 139 cm³/mol. The summed E-state index contributed by atoms with van der Waals surface area (Å²) >= 11 is 0. The van der Waals surface area contributed by atoms with Gasteiger partial charge in [-0.25, -0.2) is 4.79 Å². The summed E-state index contributed by atoms with van der Waals surface area (Å²) in [6, 6.07) is 5.82. The molecule has 0 radical (unpaired) electrons. The number of benzene rings is 1. The van der Waals surface area contributed by atoms with Crippen LogP contribution >= 0.6 is 0 Å². The fraction of sp³-hybridized carbons (Fsp3) is 0.448. The molecule has 0 N–H and O–H groups in total. The Morgan fingerprint density at radius 2 is 1.92 bits per heavy atom. The van der Waals surface area contributed by atoms with E-state index in [1.54, 1.807) is 14.2 Å². The van der Waals surface area contributed by atoms with Crippen molar-refractivity contribution in [2.45, 2.75) is 51.1 Å². The van der Waals surface area contributed by atoms with Crippen molar-refractivity contribution in [3.8, 4) is 11.5 Å². The SMILES string of the molecule is CCN1C(=O)N2Cc3cc(OC)cc(OC)c3CC=C2C12CCN(C(=O)c1cc3c(o1)C=CCC3)CC2. The molecule has 2 saturated heterocycles. The van der Waals surface area contributed by atoms with Gasteiger partial charge in [-0.2, -0.15) is 0 Å². The first-order valence-corrected chi connectivity index (χ1v) is 13.1. The molecule has 0 saturated carbocycles. The molecule has 1 aromatic carbocycles. The number of piperidine rings is 1. The number of hydrogen-bond acceptors (Lipinski definition) is 5. The van der Waals surface area contributed by atoms with Crippen LogP contribution in [0.2, 0.25) is 0 Å². The van der Waals surface area contributed by atoms with Crippen molar-refractivity contribution < 1.29 is 23.5 Å². The van der Waals surface area contributed by atoms with Crippen molar-refractivity contribution in [3.63, 3.8) is 0 Å². The Hall–Kier alpha value is -3.68. The highest BCUT2D eigenvalue weighted by molar-refractivity contribution is 5.92. The number of methoxy groups -OCH3 is 2. The van der Waals surface area contributed by atoms with Gasteiger partial charge in [-0.05, 0) is 68.4 Å². The summed E-state index contributed by atoms with van der Waals surface area (Å²) in [6.45, 7) is 4.26. The van der Waals surface area contributed by atoms with E-state index >= 15 is 0 Å². The zero-order valence-electron chi connectivity index (χ0n) is 21.7. The second-order valence-corrected chi connectivity index (χ2v) is 10.1. The summed E-state index contributed by atoms with van der Waals surface area (Å²) in [5.41, 5.74) is 3.84. The molecule has 37 heavy (non-hydrogen) atoms. The standard InChI is InChI=1S/C29H33N3O5/c1-4-32-28(34)31-18-20-15-21(35-2)17-24(36-3)22(20)9-10-26(31)29(32)11-13-30(14-12-29)27(33)25-16-19-7-5-6-8-23(19)37-25/h6,8,10,15-17H,4-5,7,9,11-14,18H2,1-3H3. The highest BCUT2D eigenvalue weighted by atomic mass is 16.5. The number of likely N-dealkylation sites (N-methyl/N-ethyl adjacent to an activating group) is 1. The maximum atomic E-state index is 13.7. The number of rotatable bonds is 4. The van der Waals surface area contributed by atoms with Gasteiger partial charge in [0.1, 0.15) is 17.3 Å². The summed E-state index contributed by atoms with van der Waals surface area (Å²) in [5.74, 6) is 2.63. The average molecular weight is 504 g/mol. The van der Waals surface area contributed by atoms with Crippen LogP contribution in [0.1, 0.15) is 59.2 Å². The molecule has 3 aliphatic heterocycles. The summed E-state index contributed by atoms with van der Waals surface area (Å²) in [5, 5.41) is 0. The molecule has 0 unspecified atom stereocenters. The van der Waals surface area contributed by atoms with Gasteiger partial charge in [0, 0.05) is 37.0 Å². The molecular weight excluding hydrogens is 470 g/mol. The number of ether oxygens (including phenoxy) is 2. The van der Waals surface area contributed by atoms with Gasteiger partial charge in [0.2, 0.25) is 0 Å². The van der Waals surface area contributed by atoms with Crippen molar-refractivity contribution in [1.29, 1.82) is 0 Å². The lowest BCUT2D eigenvalue weighted by Crippen LogP contribution is -2.54.